The molecule has 0 atom stereocenters. The normalized spacial score (nSPS) is 17.1. The molecule has 2 aliphatic rings. The summed E-state index contributed by atoms with van der Waals surface area (Å²) in [6, 6.07) is 16.0. The SMILES string of the molecule is Cn1c(SCCCN2CCc3ccc(S(=O)(=O)N4CCCCC4)cc3CC2)nnc1-c1ccc2ncccc2c1. The number of pyridine rings is 1. The fourth-order valence-corrected chi connectivity index (χ4v) is 8.15. The number of hydrogen-bond acceptors (Lipinski definition) is 7. The highest BCUT2D eigenvalue weighted by Crippen LogP contribution is 2.27. The van der Waals surface area contributed by atoms with Gasteiger partial charge in [-0.15, -0.1) is 10.2 Å². The first-order valence-electron chi connectivity index (χ1n) is 14.2. The van der Waals surface area contributed by atoms with Gasteiger partial charge in [0, 0.05) is 56.1 Å². The van der Waals surface area contributed by atoms with Gasteiger partial charge < -0.3 is 9.47 Å². The lowest BCUT2D eigenvalue weighted by atomic mass is 10.0. The Morgan fingerprint density at radius 1 is 0.900 bits per heavy atom. The van der Waals surface area contributed by atoms with Gasteiger partial charge in [0.15, 0.2) is 11.0 Å². The van der Waals surface area contributed by atoms with E-state index < -0.39 is 10.0 Å². The minimum absolute atomic E-state index is 0.460. The first-order chi connectivity index (χ1) is 19.5. The molecule has 0 radical (unpaired) electrons. The maximum Gasteiger partial charge on any atom is 0.243 e. The molecule has 8 nitrogen and oxygen atoms in total. The molecule has 2 aromatic heterocycles. The third-order valence-electron chi connectivity index (χ3n) is 8.07. The number of rotatable bonds is 8. The van der Waals surface area contributed by atoms with Crippen molar-refractivity contribution in [3.05, 3.63) is 65.9 Å². The third-order valence-corrected chi connectivity index (χ3v) is 11.1. The van der Waals surface area contributed by atoms with Crippen molar-refractivity contribution in [2.24, 2.45) is 7.05 Å². The van der Waals surface area contributed by atoms with Crippen LogP contribution in [0.25, 0.3) is 22.3 Å². The van der Waals surface area contributed by atoms with Crippen LogP contribution in [-0.2, 0) is 29.9 Å². The van der Waals surface area contributed by atoms with Crippen LogP contribution < -0.4 is 0 Å². The Bertz CT molecular complexity index is 1600. The highest BCUT2D eigenvalue weighted by molar-refractivity contribution is 7.99. The van der Waals surface area contributed by atoms with Gasteiger partial charge in [-0.1, -0.05) is 30.3 Å². The molecule has 0 unspecified atom stereocenters. The Labute approximate surface area is 240 Å². The van der Waals surface area contributed by atoms with Crippen LogP contribution in [0.1, 0.15) is 36.8 Å². The van der Waals surface area contributed by atoms with Crippen LogP contribution >= 0.6 is 11.8 Å². The monoisotopic (exact) mass is 576 g/mol. The number of fused-ring (bicyclic) bond motifs is 2. The van der Waals surface area contributed by atoms with E-state index in [9.17, 15) is 8.42 Å². The molecule has 0 aliphatic carbocycles. The van der Waals surface area contributed by atoms with E-state index in [-0.39, 0.29) is 0 Å². The topological polar surface area (TPSA) is 84.2 Å². The predicted octanol–water partition coefficient (Wildman–Crippen LogP) is 4.79. The van der Waals surface area contributed by atoms with Crippen LogP contribution in [0.4, 0.5) is 0 Å². The fraction of sp³-hybridized carbons (Fsp3) is 0.433. The first kappa shape index (κ1) is 27.4. The average molecular weight is 577 g/mol. The van der Waals surface area contributed by atoms with Crippen molar-refractivity contribution >= 4 is 32.7 Å². The van der Waals surface area contributed by atoms with E-state index in [4.69, 9.17) is 0 Å². The molecular formula is C30H36N6O2S2. The molecule has 0 amide bonds. The van der Waals surface area contributed by atoms with E-state index in [1.807, 2.05) is 43.6 Å². The van der Waals surface area contributed by atoms with Gasteiger partial charge in [0.1, 0.15) is 0 Å². The van der Waals surface area contributed by atoms with E-state index in [1.165, 1.54) is 11.1 Å². The van der Waals surface area contributed by atoms with Crippen molar-refractivity contribution in [2.45, 2.75) is 48.6 Å². The molecular weight excluding hydrogens is 541 g/mol. The Balaban J connectivity index is 1.02. The summed E-state index contributed by atoms with van der Waals surface area (Å²) in [5, 5.41) is 10.9. The minimum atomic E-state index is -3.39. The van der Waals surface area contributed by atoms with Gasteiger partial charge >= 0.3 is 0 Å². The van der Waals surface area contributed by atoms with Gasteiger partial charge in [0.05, 0.1) is 10.4 Å². The maximum absolute atomic E-state index is 13.2. The second-order valence-electron chi connectivity index (χ2n) is 10.7. The number of sulfonamides is 1. The lowest BCUT2D eigenvalue weighted by molar-refractivity contribution is 0.289. The minimum Gasteiger partial charge on any atom is -0.305 e. The van der Waals surface area contributed by atoms with E-state index in [0.717, 1.165) is 91.4 Å². The number of thioether (sulfide) groups is 1. The van der Waals surface area contributed by atoms with Gasteiger partial charge in [0.2, 0.25) is 10.0 Å². The number of benzene rings is 2. The molecule has 0 N–H and O–H groups in total. The molecule has 0 bridgehead atoms. The molecule has 6 rings (SSSR count). The summed E-state index contributed by atoms with van der Waals surface area (Å²) in [5.74, 6) is 1.83. The zero-order chi connectivity index (χ0) is 27.5. The van der Waals surface area contributed by atoms with Crippen LogP contribution in [0, 0.1) is 0 Å². The van der Waals surface area contributed by atoms with Crippen LogP contribution in [0.2, 0.25) is 0 Å². The van der Waals surface area contributed by atoms with Crippen molar-refractivity contribution in [1.29, 1.82) is 0 Å². The number of aromatic nitrogens is 4. The van der Waals surface area contributed by atoms with E-state index >= 15 is 0 Å². The fourth-order valence-electron chi connectivity index (χ4n) is 5.74. The largest absolute Gasteiger partial charge is 0.305 e. The summed E-state index contributed by atoms with van der Waals surface area (Å²) in [6.07, 6.45) is 7.74. The third kappa shape index (κ3) is 5.81. The van der Waals surface area contributed by atoms with E-state index in [0.29, 0.717) is 18.0 Å². The molecule has 0 spiro atoms. The van der Waals surface area contributed by atoms with Crippen molar-refractivity contribution < 1.29 is 8.42 Å². The highest BCUT2D eigenvalue weighted by atomic mass is 32.2. The molecule has 1 fully saturated rings. The van der Waals surface area contributed by atoms with E-state index in [1.54, 1.807) is 16.1 Å². The molecule has 1 saturated heterocycles. The number of hydrogen-bond donors (Lipinski definition) is 0. The Morgan fingerprint density at radius 3 is 2.58 bits per heavy atom. The van der Waals surface area contributed by atoms with Gasteiger partial charge in [-0.3, -0.25) is 4.98 Å². The number of piperidine rings is 1. The molecule has 2 aliphatic heterocycles. The molecule has 210 valence electrons. The standard InChI is InChI=1S/C30H36N6O2S2/c1-34-29(26-9-11-28-25(21-26)7-5-14-31-28)32-33-30(34)39-20-6-15-35-18-12-23-8-10-27(22-24(23)13-19-35)40(37,38)36-16-3-2-4-17-36/h5,7-11,14,21-22H,2-4,6,12-13,15-20H2,1H3. The summed E-state index contributed by atoms with van der Waals surface area (Å²) in [4.78, 5) is 7.37. The first-order valence-corrected chi connectivity index (χ1v) is 16.6. The smallest absolute Gasteiger partial charge is 0.243 e. The van der Waals surface area contributed by atoms with Gasteiger partial charge in [0.25, 0.3) is 0 Å². The molecule has 40 heavy (non-hydrogen) atoms. The summed E-state index contributed by atoms with van der Waals surface area (Å²) >= 11 is 1.74. The lowest BCUT2D eigenvalue weighted by Gasteiger charge is -2.26. The average Bonchev–Trinajstić information content (AvgIpc) is 3.23. The maximum atomic E-state index is 13.2. The predicted molar refractivity (Wildman–Crippen MR) is 160 cm³/mol. The molecule has 0 saturated carbocycles. The molecule has 2 aromatic carbocycles. The van der Waals surface area contributed by atoms with Crippen LogP contribution in [0.3, 0.4) is 0 Å². The van der Waals surface area contributed by atoms with Gasteiger partial charge in [-0.2, -0.15) is 4.31 Å². The van der Waals surface area contributed by atoms with Crippen molar-refractivity contribution in [1.82, 2.24) is 29.0 Å². The number of nitrogens with zero attached hydrogens (tertiary/aromatic N) is 6. The van der Waals surface area contributed by atoms with Crippen molar-refractivity contribution in [2.75, 3.05) is 38.5 Å². The van der Waals surface area contributed by atoms with Crippen molar-refractivity contribution in [3.63, 3.8) is 0 Å². The summed E-state index contributed by atoms with van der Waals surface area (Å²) in [7, 11) is -1.37. The molecule has 4 aromatic rings. The lowest BCUT2D eigenvalue weighted by Crippen LogP contribution is -2.35. The summed E-state index contributed by atoms with van der Waals surface area (Å²) in [5.41, 5.74) is 4.48. The highest BCUT2D eigenvalue weighted by Gasteiger charge is 2.27. The van der Waals surface area contributed by atoms with Crippen LogP contribution in [0.15, 0.2) is 64.8 Å². The molecule has 4 heterocycles. The zero-order valence-electron chi connectivity index (χ0n) is 23.0. The van der Waals surface area contributed by atoms with E-state index in [2.05, 4.69) is 42.8 Å². The van der Waals surface area contributed by atoms with Crippen LogP contribution in [-0.4, -0.2) is 75.8 Å². The summed E-state index contributed by atoms with van der Waals surface area (Å²) < 4.78 is 30.1. The van der Waals surface area contributed by atoms with Gasteiger partial charge in [-0.25, -0.2) is 8.42 Å². The Kier molecular flexibility index (Phi) is 8.20. The van der Waals surface area contributed by atoms with Gasteiger partial charge in [-0.05, 0) is 86.2 Å². The zero-order valence-corrected chi connectivity index (χ0v) is 24.6. The second-order valence-corrected chi connectivity index (χ2v) is 13.7. The Hall–Kier alpha value is -2.79. The quantitative estimate of drug-likeness (QED) is 0.220. The molecule has 10 heteroatoms. The second kappa shape index (κ2) is 12.0. The summed E-state index contributed by atoms with van der Waals surface area (Å²) in [6.45, 7) is 4.25. The van der Waals surface area contributed by atoms with Crippen molar-refractivity contribution in [3.8, 4) is 11.4 Å². The Morgan fingerprint density at radius 2 is 1.73 bits per heavy atom. The van der Waals surface area contributed by atoms with Crippen LogP contribution in [0.5, 0.6) is 0 Å².